The highest BCUT2D eigenvalue weighted by Crippen LogP contribution is 2.34. The van der Waals surface area contributed by atoms with E-state index in [1.54, 1.807) is 0 Å². The average Bonchev–Trinajstić information content (AvgIpc) is 2.96. The molecular formula is C14H28N2. The molecule has 16 heavy (non-hydrogen) atoms. The minimum atomic E-state index is 0.783. The van der Waals surface area contributed by atoms with Crippen molar-refractivity contribution < 1.29 is 0 Å². The van der Waals surface area contributed by atoms with Crippen molar-refractivity contribution in [3.05, 3.63) is 0 Å². The van der Waals surface area contributed by atoms with Gasteiger partial charge in [0.1, 0.15) is 0 Å². The first-order valence-corrected chi connectivity index (χ1v) is 7.13. The van der Waals surface area contributed by atoms with Crippen molar-refractivity contribution in [3.8, 4) is 0 Å². The maximum atomic E-state index is 3.45. The summed E-state index contributed by atoms with van der Waals surface area (Å²) in [6.45, 7) is 6.02. The molecule has 2 saturated carbocycles. The lowest BCUT2D eigenvalue weighted by atomic mass is 10.1. The molecule has 2 atom stereocenters. The van der Waals surface area contributed by atoms with Gasteiger partial charge in [0.15, 0.2) is 0 Å². The number of hydrogen-bond acceptors (Lipinski definition) is 2. The molecule has 94 valence electrons. The lowest BCUT2D eigenvalue weighted by molar-refractivity contribution is 0.176. The molecule has 1 N–H and O–H groups in total. The Morgan fingerprint density at radius 2 is 1.81 bits per heavy atom. The molecule has 2 aliphatic carbocycles. The van der Waals surface area contributed by atoms with Crippen LogP contribution in [0.5, 0.6) is 0 Å². The van der Waals surface area contributed by atoms with Crippen LogP contribution in [-0.2, 0) is 0 Å². The van der Waals surface area contributed by atoms with Crippen LogP contribution >= 0.6 is 0 Å². The summed E-state index contributed by atoms with van der Waals surface area (Å²) < 4.78 is 0. The first-order chi connectivity index (χ1) is 7.70. The molecule has 2 aliphatic rings. The molecule has 0 aromatic heterocycles. The van der Waals surface area contributed by atoms with Crippen molar-refractivity contribution in [3.63, 3.8) is 0 Å². The topological polar surface area (TPSA) is 15.3 Å². The molecule has 2 unspecified atom stereocenters. The van der Waals surface area contributed by atoms with Crippen LogP contribution in [0.4, 0.5) is 0 Å². The zero-order valence-electron chi connectivity index (χ0n) is 11.2. The smallest absolute Gasteiger partial charge is 0.0114 e. The van der Waals surface area contributed by atoms with Crippen molar-refractivity contribution in [2.75, 3.05) is 13.6 Å². The second-order valence-electron chi connectivity index (χ2n) is 6.10. The summed E-state index contributed by atoms with van der Waals surface area (Å²) in [6, 6.07) is 2.60. The molecule has 0 bridgehead atoms. The Bertz CT molecular complexity index is 211. The van der Waals surface area contributed by atoms with Crippen LogP contribution in [0.2, 0.25) is 0 Å². The molecule has 0 aromatic carbocycles. The third kappa shape index (κ3) is 3.21. The highest BCUT2D eigenvalue weighted by atomic mass is 15.2. The summed E-state index contributed by atoms with van der Waals surface area (Å²) in [5.41, 5.74) is 0. The van der Waals surface area contributed by atoms with Gasteiger partial charge in [-0.2, -0.15) is 0 Å². The fraction of sp³-hybridized carbons (Fsp3) is 1.00. The van der Waals surface area contributed by atoms with Crippen LogP contribution in [0.15, 0.2) is 0 Å². The monoisotopic (exact) mass is 224 g/mol. The van der Waals surface area contributed by atoms with Crippen molar-refractivity contribution in [1.82, 2.24) is 10.2 Å². The predicted molar refractivity (Wildman–Crippen MR) is 69.7 cm³/mol. The Hall–Kier alpha value is -0.0800. The SMILES string of the molecule is CNC1CCC(N(CCC(C)C)C2CC2)C1. The number of hydrogen-bond donors (Lipinski definition) is 1. The fourth-order valence-corrected chi connectivity index (χ4v) is 3.00. The number of nitrogens with one attached hydrogen (secondary N) is 1. The minimum absolute atomic E-state index is 0.783. The van der Waals surface area contributed by atoms with Crippen molar-refractivity contribution in [1.29, 1.82) is 0 Å². The van der Waals surface area contributed by atoms with Gasteiger partial charge in [-0.25, -0.2) is 0 Å². The van der Waals surface area contributed by atoms with E-state index in [-0.39, 0.29) is 0 Å². The van der Waals surface area contributed by atoms with E-state index in [0.717, 1.165) is 24.0 Å². The Labute approximate surface area is 101 Å². The third-order valence-electron chi connectivity index (χ3n) is 4.26. The summed E-state index contributed by atoms with van der Waals surface area (Å²) in [7, 11) is 2.11. The summed E-state index contributed by atoms with van der Waals surface area (Å²) in [4.78, 5) is 2.83. The second-order valence-corrected chi connectivity index (χ2v) is 6.10. The zero-order chi connectivity index (χ0) is 11.5. The van der Waals surface area contributed by atoms with Crippen LogP contribution in [0.3, 0.4) is 0 Å². The molecule has 0 aliphatic heterocycles. The molecule has 0 heterocycles. The van der Waals surface area contributed by atoms with Crippen molar-refractivity contribution in [2.45, 2.75) is 70.5 Å². The summed E-state index contributed by atoms with van der Waals surface area (Å²) in [6.07, 6.45) is 8.46. The molecular weight excluding hydrogens is 196 g/mol. The van der Waals surface area contributed by atoms with E-state index >= 15 is 0 Å². The minimum Gasteiger partial charge on any atom is -0.317 e. The number of rotatable bonds is 6. The van der Waals surface area contributed by atoms with Gasteiger partial charge in [0, 0.05) is 18.1 Å². The van der Waals surface area contributed by atoms with Gasteiger partial charge in [0.25, 0.3) is 0 Å². The maximum Gasteiger partial charge on any atom is 0.0114 e. The maximum absolute atomic E-state index is 3.45. The predicted octanol–water partition coefficient (Wildman–Crippen LogP) is 2.64. The first kappa shape index (κ1) is 12.4. The van der Waals surface area contributed by atoms with Crippen LogP contribution < -0.4 is 5.32 Å². The lowest BCUT2D eigenvalue weighted by Gasteiger charge is -2.29. The van der Waals surface area contributed by atoms with E-state index in [1.165, 1.54) is 45.1 Å². The molecule has 0 amide bonds. The quantitative estimate of drug-likeness (QED) is 0.746. The van der Waals surface area contributed by atoms with Gasteiger partial charge in [-0.05, 0) is 58.0 Å². The molecule has 0 spiro atoms. The van der Waals surface area contributed by atoms with Crippen LogP contribution in [0.25, 0.3) is 0 Å². The van der Waals surface area contributed by atoms with E-state index in [1.807, 2.05) is 0 Å². The third-order valence-corrected chi connectivity index (χ3v) is 4.26. The largest absolute Gasteiger partial charge is 0.317 e. The van der Waals surface area contributed by atoms with Gasteiger partial charge in [-0.3, -0.25) is 4.90 Å². The standard InChI is InChI=1S/C14H28N2/c1-11(2)8-9-16(13-6-7-13)14-5-4-12(10-14)15-3/h11-15H,4-10H2,1-3H3. The Morgan fingerprint density at radius 3 is 2.31 bits per heavy atom. The summed E-state index contributed by atoms with van der Waals surface area (Å²) >= 11 is 0. The lowest BCUT2D eigenvalue weighted by Crippen LogP contribution is -2.38. The first-order valence-electron chi connectivity index (χ1n) is 7.13. The molecule has 2 fully saturated rings. The zero-order valence-corrected chi connectivity index (χ0v) is 11.2. The molecule has 0 aromatic rings. The van der Waals surface area contributed by atoms with E-state index in [2.05, 4.69) is 31.1 Å². The molecule has 2 nitrogen and oxygen atoms in total. The van der Waals surface area contributed by atoms with Gasteiger partial charge < -0.3 is 5.32 Å². The van der Waals surface area contributed by atoms with Gasteiger partial charge in [0.2, 0.25) is 0 Å². The Morgan fingerprint density at radius 1 is 1.12 bits per heavy atom. The fourth-order valence-electron chi connectivity index (χ4n) is 3.00. The van der Waals surface area contributed by atoms with Gasteiger partial charge in [0.05, 0.1) is 0 Å². The Kier molecular flexibility index (Phi) is 4.26. The van der Waals surface area contributed by atoms with E-state index < -0.39 is 0 Å². The molecule has 0 radical (unpaired) electrons. The molecule has 2 rings (SSSR count). The molecule has 0 saturated heterocycles. The highest BCUT2D eigenvalue weighted by molar-refractivity contribution is 4.93. The van der Waals surface area contributed by atoms with E-state index in [9.17, 15) is 0 Å². The molecule has 2 heteroatoms. The summed E-state index contributed by atoms with van der Waals surface area (Å²) in [5.74, 6) is 0.850. The highest BCUT2D eigenvalue weighted by Gasteiger charge is 2.36. The number of nitrogens with zero attached hydrogens (tertiary/aromatic N) is 1. The van der Waals surface area contributed by atoms with Crippen LogP contribution in [0, 0.1) is 5.92 Å². The van der Waals surface area contributed by atoms with E-state index in [4.69, 9.17) is 0 Å². The van der Waals surface area contributed by atoms with Crippen LogP contribution in [0.1, 0.15) is 52.4 Å². The second kappa shape index (κ2) is 5.50. The van der Waals surface area contributed by atoms with Gasteiger partial charge in [-0.1, -0.05) is 13.8 Å². The normalized spacial score (nSPS) is 30.6. The van der Waals surface area contributed by atoms with E-state index in [0.29, 0.717) is 0 Å². The van der Waals surface area contributed by atoms with Crippen molar-refractivity contribution >= 4 is 0 Å². The van der Waals surface area contributed by atoms with Crippen LogP contribution in [-0.4, -0.2) is 36.6 Å². The average molecular weight is 224 g/mol. The van der Waals surface area contributed by atoms with Gasteiger partial charge in [-0.15, -0.1) is 0 Å². The Balaban J connectivity index is 1.82. The van der Waals surface area contributed by atoms with Crippen molar-refractivity contribution in [2.24, 2.45) is 5.92 Å². The summed E-state index contributed by atoms with van der Waals surface area (Å²) in [5, 5.41) is 3.45. The van der Waals surface area contributed by atoms with Gasteiger partial charge >= 0.3 is 0 Å².